The summed E-state index contributed by atoms with van der Waals surface area (Å²) in [5.74, 6) is 1.19. The Labute approximate surface area is 222 Å². The molecule has 0 saturated heterocycles. The molecule has 0 rings (SSSR count). The molecule has 0 aromatic rings. The summed E-state index contributed by atoms with van der Waals surface area (Å²) in [6.07, 6.45) is 14.6. The highest BCUT2D eigenvalue weighted by molar-refractivity contribution is 5.06. The van der Waals surface area contributed by atoms with Gasteiger partial charge in [-0.2, -0.15) is 0 Å². The second-order valence-electron chi connectivity index (χ2n) is 14.1. The van der Waals surface area contributed by atoms with Crippen LogP contribution in [-0.4, -0.2) is 17.5 Å². The monoisotopic (exact) mass is 488 g/mol. The lowest BCUT2D eigenvalue weighted by Gasteiger charge is -2.46. The van der Waals surface area contributed by atoms with Gasteiger partial charge in [0.25, 0.3) is 0 Å². The fourth-order valence-electron chi connectivity index (χ4n) is 5.05. The largest absolute Gasteiger partial charge is 0.373 e. The molecule has 1 heteroatoms. The van der Waals surface area contributed by atoms with Gasteiger partial charge in [-0.25, -0.2) is 0 Å². The molecule has 0 aliphatic carbocycles. The molecule has 0 fully saturated rings. The van der Waals surface area contributed by atoms with E-state index < -0.39 is 0 Å². The molecule has 0 N–H and O–H groups in total. The highest BCUT2D eigenvalue weighted by Crippen LogP contribution is 2.40. The topological polar surface area (TPSA) is 3.24 Å². The lowest BCUT2D eigenvalue weighted by molar-refractivity contribution is 0.107. The molecule has 0 aromatic carbocycles. The van der Waals surface area contributed by atoms with Crippen LogP contribution < -0.4 is 0 Å². The van der Waals surface area contributed by atoms with Crippen LogP contribution in [0.25, 0.3) is 0 Å². The zero-order chi connectivity index (χ0) is 27.4. The summed E-state index contributed by atoms with van der Waals surface area (Å²) in [7, 11) is 2.34. The van der Waals surface area contributed by atoms with Gasteiger partial charge in [0.1, 0.15) is 0 Å². The molecule has 0 aliphatic rings. The van der Waals surface area contributed by atoms with E-state index in [-0.39, 0.29) is 11.0 Å². The molecule has 35 heavy (non-hydrogen) atoms. The first-order chi connectivity index (χ1) is 16.0. The number of allylic oxidation sites excluding steroid dienone is 3. The highest BCUT2D eigenvalue weighted by Gasteiger charge is 2.34. The van der Waals surface area contributed by atoms with Gasteiger partial charge in [0, 0.05) is 18.3 Å². The molecule has 0 aromatic heterocycles. The number of rotatable bonds is 19. The SMILES string of the molecule is C=C(CCCCC(CC)(CCCCC(=C)C(C)C)N(C)C(=C)CC(C)(C)CCC(C)(C)C)C(C)C. The summed E-state index contributed by atoms with van der Waals surface area (Å²) >= 11 is 0. The van der Waals surface area contributed by atoms with Crippen LogP contribution in [0.4, 0.5) is 0 Å². The molecular formula is C34H65N. The quantitative estimate of drug-likeness (QED) is 0.129. The van der Waals surface area contributed by atoms with Crippen molar-refractivity contribution in [1.82, 2.24) is 4.90 Å². The first kappa shape index (κ1) is 34.0. The summed E-state index contributed by atoms with van der Waals surface area (Å²) in [5, 5.41) is 0. The molecule has 0 bridgehead atoms. The smallest absolute Gasteiger partial charge is 0.0393 e. The third-order valence-corrected chi connectivity index (χ3v) is 8.49. The van der Waals surface area contributed by atoms with E-state index in [0.29, 0.717) is 17.3 Å². The van der Waals surface area contributed by atoms with E-state index in [9.17, 15) is 0 Å². The minimum absolute atomic E-state index is 0.204. The van der Waals surface area contributed by atoms with Crippen molar-refractivity contribution in [3.05, 3.63) is 36.6 Å². The molecule has 0 amide bonds. The fraction of sp³-hybridized carbons (Fsp3) is 0.824. The van der Waals surface area contributed by atoms with Crippen LogP contribution in [0.2, 0.25) is 0 Å². The molecule has 206 valence electrons. The van der Waals surface area contributed by atoms with Crippen molar-refractivity contribution in [2.75, 3.05) is 7.05 Å². The summed E-state index contributed by atoms with van der Waals surface area (Å²) in [5.41, 5.74) is 4.99. The Kier molecular flexibility index (Phi) is 14.9. The van der Waals surface area contributed by atoms with Crippen LogP contribution >= 0.6 is 0 Å². The second-order valence-corrected chi connectivity index (χ2v) is 14.1. The third-order valence-electron chi connectivity index (χ3n) is 8.49. The van der Waals surface area contributed by atoms with Crippen molar-refractivity contribution < 1.29 is 0 Å². The molecule has 0 heterocycles. The van der Waals surface area contributed by atoms with Gasteiger partial charge in [0.15, 0.2) is 0 Å². The predicted octanol–water partition coefficient (Wildman–Crippen LogP) is 11.4. The number of hydrogen-bond donors (Lipinski definition) is 0. The molecule has 0 unspecified atom stereocenters. The maximum absolute atomic E-state index is 4.66. The van der Waals surface area contributed by atoms with Crippen molar-refractivity contribution in [3.8, 4) is 0 Å². The standard InChI is InChI=1S/C34H65N/c1-15-34(22-18-16-20-29(6)27(2)3,23-19-17-21-30(7)28(4)5)35(14)31(8)26-33(12,13)25-24-32(9,10)11/h27-28H,6-8,15-26H2,1-5,9-14H3. The highest BCUT2D eigenvalue weighted by atomic mass is 15.2. The maximum atomic E-state index is 4.66. The second kappa shape index (κ2) is 15.3. The van der Waals surface area contributed by atoms with E-state index in [4.69, 9.17) is 0 Å². The Morgan fingerprint density at radius 1 is 0.686 bits per heavy atom. The average molecular weight is 488 g/mol. The van der Waals surface area contributed by atoms with Crippen LogP contribution in [0, 0.1) is 22.7 Å². The number of hydrogen-bond acceptors (Lipinski definition) is 1. The van der Waals surface area contributed by atoms with Crippen molar-refractivity contribution in [2.45, 2.75) is 152 Å². The van der Waals surface area contributed by atoms with E-state index >= 15 is 0 Å². The summed E-state index contributed by atoms with van der Waals surface area (Å²) in [6.45, 7) is 36.7. The van der Waals surface area contributed by atoms with Gasteiger partial charge in [-0.3, -0.25) is 0 Å². The average Bonchev–Trinajstić information content (AvgIpc) is 2.75. The van der Waals surface area contributed by atoms with Crippen LogP contribution in [-0.2, 0) is 0 Å². The first-order valence-electron chi connectivity index (χ1n) is 14.7. The molecular weight excluding hydrogens is 422 g/mol. The van der Waals surface area contributed by atoms with Crippen LogP contribution in [0.3, 0.4) is 0 Å². The summed E-state index contributed by atoms with van der Waals surface area (Å²) in [6, 6.07) is 0. The minimum atomic E-state index is 0.204. The molecule has 0 radical (unpaired) electrons. The molecule has 0 saturated carbocycles. The Morgan fingerprint density at radius 2 is 1.11 bits per heavy atom. The first-order valence-corrected chi connectivity index (χ1v) is 14.7. The Bertz CT molecular complexity index is 612. The van der Waals surface area contributed by atoms with Crippen molar-refractivity contribution in [2.24, 2.45) is 22.7 Å². The molecule has 1 nitrogen and oxygen atoms in total. The van der Waals surface area contributed by atoms with Crippen LogP contribution in [0.1, 0.15) is 146 Å². The van der Waals surface area contributed by atoms with Gasteiger partial charge in [0.2, 0.25) is 0 Å². The lowest BCUT2D eigenvalue weighted by atomic mass is 9.76. The summed E-state index contributed by atoms with van der Waals surface area (Å²) < 4.78 is 0. The Morgan fingerprint density at radius 3 is 1.46 bits per heavy atom. The van der Waals surface area contributed by atoms with E-state index in [1.807, 2.05) is 0 Å². The van der Waals surface area contributed by atoms with E-state index in [1.165, 1.54) is 74.6 Å². The molecule has 0 atom stereocenters. The number of unbranched alkanes of at least 4 members (excludes halogenated alkanes) is 2. The van der Waals surface area contributed by atoms with Crippen molar-refractivity contribution in [1.29, 1.82) is 0 Å². The maximum Gasteiger partial charge on any atom is 0.0393 e. The van der Waals surface area contributed by atoms with E-state index in [0.717, 1.165) is 19.3 Å². The van der Waals surface area contributed by atoms with Gasteiger partial charge in [-0.05, 0) is 86.9 Å². The molecule has 0 spiro atoms. The van der Waals surface area contributed by atoms with Gasteiger partial charge in [-0.15, -0.1) is 0 Å². The van der Waals surface area contributed by atoms with Gasteiger partial charge < -0.3 is 4.90 Å². The van der Waals surface area contributed by atoms with Crippen LogP contribution in [0.5, 0.6) is 0 Å². The zero-order valence-corrected chi connectivity index (χ0v) is 26.2. The number of nitrogens with zero attached hydrogens (tertiary/aromatic N) is 1. The lowest BCUT2D eigenvalue weighted by Crippen LogP contribution is -2.46. The van der Waals surface area contributed by atoms with Gasteiger partial charge >= 0.3 is 0 Å². The van der Waals surface area contributed by atoms with Crippen LogP contribution in [0.15, 0.2) is 36.6 Å². The normalized spacial score (nSPS) is 12.9. The van der Waals surface area contributed by atoms with Crippen molar-refractivity contribution in [3.63, 3.8) is 0 Å². The van der Waals surface area contributed by atoms with Gasteiger partial charge in [-0.1, -0.05) is 113 Å². The Hall–Kier alpha value is -0.980. The third kappa shape index (κ3) is 13.8. The Balaban J connectivity index is 5.38. The van der Waals surface area contributed by atoms with Gasteiger partial charge in [0.05, 0.1) is 0 Å². The summed E-state index contributed by atoms with van der Waals surface area (Å²) in [4.78, 5) is 2.61. The zero-order valence-electron chi connectivity index (χ0n) is 26.2. The van der Waals surface area contributed by atoms with E-state index in [2.05, 4.69) is 101 Å². The predicted molar refractivity (Wildman–Crippen MR) is 162 cm³/mol. The van der Waals surface area contributed by atoms with Crippen molar-refractivity contribution >= 4 is 0 Å². The fourth-order valence-corrected chi connectivity index (χ4v) is 5.05. The minimum Gasteiger partial charge on any atom is -0.373 e. The van der Waals surface area contributed by atoms with E-state index in [1.54, 1.807) is 0 Å². The molecule has 0 aliphatic heterocycles.